The minimum Gasteiger partial charge on any atom is -0.481 e. The van der Waals surface area contributed by atoms with E-state index in [1.807, 2.05) is 0 Å². The first-order valence-corrected chi connectivity index (χ1v) is 10.4. The molecule has 0 aliphatic heterocycles. The van der Waals surface area contributed by atoms with Crippen LogP contribution in [-0.4, -0.2) is 48.4 Å². The average Bonchev–Trinajstić information content (AvgIpc) is 2.61. The van der Waals surface area contributed by atoms with E-state index in [0.717, 1.165) is 19.3 Å². The Kier molecular flexibility index (Phi) is 15.4. The molecule has 0 radical (unpaired) electrons. The lowest BCUT2D eigenvalue weighted by Crippen LogP contribution is -2.26. The van der Waals surface area contributed by atoms with E-state index in [4.69, 9.17) is 19.3 Å². The fourth-order valence-corrected chi connectivity index (χ4v) is 2.49. The van der Waals surface area contributed by atoms with Crippen molar-refractivity contribution in [1.82, 2.24) is 0 Å². The number of carbonyl (C=O) groups is 3. The summed E-state index contributed by atoms with van der Waals surface area (Å²) >= 11 is 0. The van der Waals surface area contributed by atoms with Gasteiger partial charge in [0.2, 0.25) is 0 Å². The highest BCUT2D eigenvalue weighted by Crippen LogP contribution is 2.10. The molecular weight excluding hydrogens is 364 g/mol. The Morgan fingerprint density at radius 1 is 0.750 bits per heavy atom. The molecule has 0 aromatic heterocycles. The number of ether oxygens (including phenoxy) is 3. The second kappa shape index (κ2) is 16.3. The smallest absolute Gasteiger partial charge is 0.306 e. The van der Waals surface area contributed by atoms with Crippen LogP contribution in [0.1, 0.15) is 85.5 Å². The maximum Gasteiger partial charge on any atom is 0.306 e. The zero-order chi connectivity index (χ0) is 21.4. The minimum atomic E-state index is -0.865. The summed E-state index contributed by atoms with van der Waals surface area (Å²) in [5, 5.41) is 8.53. The van der Waals surface area contributed by atoms with Gasteiger partial charge in [-0.2, -0.15) is 0 Å². The number of hydrogen-bond acceptors (Lipinski definition) is 6. The predicted molar refractivity (Wildman–Crippen MR) is 106 cm³/mol. The van der Waals surface area contributed by atoms with Crippen molar-refractivity contribution < 1.29 is 33.7 Å². The minimum absolute atomic E-state index is 0.0569. The van der Waals surface area contributed by atoms with Gasteiger partial charge in [-0.3, -0.25) is 14.4 Å². The molecule has 0 heterocycles. The Morgan fingerprint density at radius 2 is 1.36 bits per heavy atom. The number of hydrogen-bond donors (Lipinski definition) is 1. The molecular formula is C21H38O7. The number of esters is 2. The summed E-state index contributed by atoms with van der Waals surface area (Å²) in [4.78, 5) is 33.7. The quantitative estimate of drug-likeness (QED) is 0.288. The average molecular weight is 403 g/mol. The summed E-state index contributed by atoms with van der Waals surface area (Å²) in [6.45, 7) is 8.31. The zero-order valence-corrected chi connectivity index (χ0v) is 17.9. The first kappa shape index (κ1) is 26.4. The molecule has 0 bridgehead atoms. The number of unbranched alkanes of at least 4 members (excludes halogenated alkanes) is 3. The maximum absolute atomic E-state index is 11.8. The fraction of sp³-hybridized carbons (Fsp3) is 0.857. The van der Waals surface area contributed by atoms with Crippen LogP contribution >= 0.6 is 0 Å². The van der Waals surface area contributed by atoms with Crippen molar-refractivity contribution in [3.8, 4) is 0 Å². The molecule has 0 amide bonds. The SMILES string of the molecule is CC(C)CCCCCC(=O)OC(C)COC(C)COC(=O)CCCCC(=O)O. The van der Waals surface area contributed by atoms with Crippen molar-refractivity contribution in [2.75, 3.05) is 13.2 Å². The lowest BCUT2D eigenvalue weighted by Gasteiger charge is -2.18. The highest BCUT2D eigenvalue weighted by atomic mass is 16.6. The lowest BCUT2D eigenvalue weighted by atomic mass is 10.0. The molecule has 0 saturated heterocycles. The van der Waals surface area contributed by atoms with Crippen molar-refractivity contribution >= 4 is 17.9 Å². The second-order valence-electron chi connectivity index (χ2n) is 7.72. The molecule has 7 heteroatoms. The number of carbonyl (C=O) groups excluding carboxylic acids is 2. The summed E-state index contributed by atoms with van der Waals surface area (Å²) < 4.78 is 16.0. The number of rotatable bonds is 17. The topological polar surface area (TPSA) is 99.1 Å². The Hall–Kier alpha value is -1.63. The monoisotopic (exact) mass is 402 g/mol. The molecule has 0 fully saturated rings. The first-order chi connectivity index (χ1) is 13.2. The maximum atomic E-state index is 11.8. The number of aliphatic carboxylic acids is 1. The van der Waals surface area contributed by atoms with E-state index in [2.05, 4.69) is 13.8 Å². The van der Waals surface area contributed by atoms with E-state index in [0.29, 0.717) is 25.2 Å². The van der Waals surface area contributed by atoms with Crippen LogP contribution in [0.15, 0.2) is 0 Å². The van der Waals surface area contributed by atoms with Crippen LogP contribution in [0.4, 0.5) is 0 Å². The molecule has 2 atom stereocenters. The van der Waals surface area contributed by atoms with Gasteiger partial charge in [0.15, 0.2) is 0 Å². The van der Waals surface area contributed by atoms with E-state index >= 15 is 0 Å². The van der Waals surface area contributed by atoms with Crippen LogP contribution in [0.25, 0.3) is 0 Å². The van der Waals surface area contributed by atoms with E-state index in [1.54, 1.807) is 13.8 Å². The third kappa shape index (κ3) is 17.8. The normalized spacial score (nSPS) is 13.2. The molecule has 0 rings (SSSR count). The number of carboxylic acids is 1. The van der Waals surface area contributed by atoms with Gasteiger partial charge in [-0.1, -0.05) is 33.1 Å². The zero-order valence-electron chi connectivity index (χ0n) is 17.9. The molecule has 0 spiro atoms. The van der Waals surface area contributed by atoms with Gasteiger partial charge >= 0.3 is 17.9 Å². The van der Waals surface area contributed by atoms with Gasteiger partial charge in [-0.05, 0) is 39.0 Å². The van der Waals surface area contributed by atoms with E-state index < -0.39 is 5.97 Å². The van der Waals surface area contributed by atoms with Gasteiger partial charge in [0.05, 0.1) is 12.7 Å². The van der Waals surface area contributed by atoms with Gasteiger partial charge in [0.1, 0.15) is 12.7 Å². The highest BCUT2D eigenvalue weighted by Gasteiger charge is 2.13. The molecule has 0 aliphatic carbocycles. The molecule has 0 saturated carbocycles. The van der Waals surface area contributed by atoms with Crippen LogP contribution in [-0.2, 0) is 28.6 Å². The van der Waals surface area contributed by atoms with Crippen molar-refractivity contribution in [2.45, 2.75) is 97.7 Å². The predicted octanol–water partition coefficient (Wildman–Crippen LogP) is 4.12. The van der Waals surface area contributed by atoms with Gasteiger partial charge in [0.25, 0.3) is 0 Å². The largest absolute Gasteiger partial charge is 0.481 e. The Morgan fingerprint density at radius 3 is 2.00 bits per heavy atom. The summed E-state index contributed by atoms with van der Waals surface area (Å²) in [7, 11) is 0. The van der Waals surface area contributed by atoms with Crippen LogP contribution in [0, 0.1) is 5.92 Å². The standard InChI is InChI=1S/C21H38O7/c1-16(2)10-6-5-7-13-21(25)28-18(4)15-26-17(3)14-27-20(24)12-9-8-11-19(22)23/h16-18H,5-15H2,1-4H3,(H,22,23). The Balaban J connectivity index is 3.70. The lowest BCUT2D eigenvalue weighted by molar-refractivity contribution is -0.154. The van der Waals surface area contributed by atoms with Crippen LogP contribution < -0.4 is 0 Å². The summed E-state index contributed by atoms with van der Waals surface area (Å²) in [5.41, 5.74) is 0. The second-order valence-corrected chi connectivity index (χ2v) is 7.72. The first-order valence-electron chi connectivity index (χ1n) is 10.4. The van der Waals surface area contributed by atoms with Crippen LogP contribution in [0.3, 0.4) is 0 Å². The van der Waals surface area contributed by atoms with Crippen molar-refractivity contribution in [3.05, 3.63) is 0 Å². The molecule has 0 aliphatic rings. The number of carboxylic acid groups (broad SMARTS) is 1. The van der Waals surface area contributed by atoms with Crippen LogP contribution in [0.2, 0.25) is 0 Å². The molecule has 7 nitrogen and oxygen atoms in total. The van der Waals surface area contributed by atoms with E-state index in [9.17, 15) is 14.4 Å². The third-order valence-electron chi connectivity index (χ3n) is 4.11. The van der Waals surface area contributed by atoms with E-state index in [1.165, 1.54) is 6.42 Å². The van der Waals surface area contributed by atoms with Crippen molar-refractivity contribution in [3.63, 3.8) is 0 Å². The Labute approximate surface area is 169 Å². The molecule has 2 unspecified atom stereocenters. The summed E-state index contributed by atoms with van der Waals surface area (Å²) in [6.07, 6.45) is 5.18. The van der Waals surface area contributed by atoms with Gasteiger partial charge in [-0.25, -0.2) is 0 Å². The van der Waals surface area contributed by atoms with Crippen molar-refractivity contribution in [1.29, 1.82) is 0 Å². The highest BCUT2D eigenvalue weighted by molar-refractivity contribution is 5.70. The van der Waals surface area contributed by atoms with Crippen LogP contribution in [0.5, 0.6) is 0 Å². The third-order valence-corrected chi connectivity index (χ3v) is 4.11. The summed E-state index contributed by atoms with van der Waals surface area (Å²) in [5.74, 6) is -0.738. The molecule has 0 aromatic carbocycles. The van der Waals surface area contributed by atoms with E-state index in [-0.39, 0.29) is 50.2 Å². The fourth-order valence-electron chi connectivity index (χ4n) is 2.49. The molecule has 1 N–H and O–H groups in total. The van der Waals surface area contributed by atoms with Gasteiger partial charge in [0, 0.05) is 19.3 Å². The van der Waals surface area contributed by atoms with Gasteiger partial charge < -0.3 is 19.3 Å². The summed E-state index contributed by atoms with van der Waals surface area (Å²) in [6, 6.07) is 0. The molecule has 0 aromatic rings. The van der Waals surface area contributed by atoms with Gasteiger partial charge in [-0.15, -0.1) is 0 Å². The molecule has 28 heavy (non-hydrogen) atoms. The Bertz CT molecular complexity index is 448. The molecule has 164 valence electrons. The van der Waals surface area contributed by atoms with Crippen molar-refractivity contribution in [2.24, 2.45) is 5.92 Å².